The minimum absolute atomic E-state index is 0.191. The van der Waals surface area contributed by atoms with Gasteiger partial charge in [-0.3, -0.25) is 4.79 Å². The second-order valence-electron chi connectivity index (χ2n) is 6.18. The van der Waals surface area contributed by atoms with E-state index in [1.807, 2.05) is 0 Å². The maximum atomic E-state index is 14.8. The first-order chi connectivity index (χ1) is 13.6. The number of hydrogen-bond acceptors (Lipinski definition) is 4. The monoisotopic (exact) mass is 379 g/mol. The number of methoxy groups -OCH3 is 1. The van der Waals surface area contributed by atoms with E-state index >= 15 is 0 Å². The molecule has 4 aromatic rings. The van der Waals surface area contributed by atoms with Crippen LogP contribution in [0.5, 0.6) is 5.88 Å². The summed E-state index contributed by atoms with van der Waals surface area (Å²) in [5.74, 6) is -1.13. The molecule has 0 unspecified atom stereocenters. The number of rotatable bonds is 4. The van der Waals surface area contributed by atoms with Gasteiger partial charge in [0.05, 0.1) is 30.9 Å². The van der Waals surface area contributed by atoms with Gasteiger partial charge < -0.3 is 9.30 Å². The summed E-state index contributed by atoms with van der Waals surface area (Å²) in [5, 5.41) is 0. The summed E-state index contributed by atoms with van der Waals surface area (Å²) in [6.45, 7) is -0.237. The van der Waals surface area contributed by atoms with E-state index in [0.717, 1.165) is 6.20 Å². The van der Waals surface area contributed by atoms with Gasteiger partial charge in [-0.1, -0.05) is 12.1 Å². The fourth-order valence-corrected chi connectivity index (χ4v) is 3.06. The Bertz CT molecular complexity index is 1210. The van der Waals surface area contributed by atoms with Crippen molar-refractivity contribution in [2.24, 2.45) is 0 Å². The van der Waals surface area contributed by atoms with Crippen LogP contribution in [0.25, 0.3) is 22.2 Å². The van der Waals surface area contributed by atoms with E-state index in [9.17, 15) is 13.6 Å². The van der Waals surface area contributed by atoms with Gasteiger partial charge >= 0.3 is 0 Å². The molecule has 0 aliphatic heterocycles. The van der Waals surface area contributed by atoms with E-state index in [0.29, 0.717) is 28.0 Å². The molecule has 140 valence electrons. The van der Waals surface area contributed by atoms with Crippen molar-refractivity contribution in [3.8, 4) is 17.0 Å². The molecule has 5 nitrogen and oxygen atoms in total. The van der Waals surface area contributed by atoms with Crippen LogP contribution in [0.4, 0.5) is 8.78 Å². The highest BCUT2D eigenvalue weighted by molar-refractivity contribution is 5.74. The van der Waals surface area contributed by atoms with E-state index in [1.54, 1.807) is 36.4 Å². The van der Waals surface area contributed by atoms with Crippen molar-refractivity contribution in [1.82, 2.24) is 14.5 Å². The van der Waals surface area contributed by atoms with Crippen molar-refractivity contribution in [2.75, 3.05) is 7.11 Å². The van der Waals surface area contributed by atoms with Gasteiger partial charge in [0.2, 0.25) is 5.88 Å². The van der Waals surface area contributed by atoms with Gasteiger partial charge in [-0.25, -0.2) is 18.7 Å². The van der Waals surface area contributed by atoms with Gasteiger partial charge in [-0.2, -0.15) is 0 Å². The van der Waals surface area contributed by atoms with Crippen LogP contribution >= 0.6 is 0 Å². The van der Waals surface area contributed by atoms with Crippen molar-refractivity contribution >= 4 is 11.0 Å². The van der Waals surface area contributed by atoms with Crippen molar-refractivity contribution < 1.29 is 13.5 Å². The molecule has 0 saturated carbocycles. The first-order valence-corrected chi connectivity index (χ1v) is 8.50. The van der Waals surface area contributed by atoms with Gasteiger partial charge in [0.25, 0.3) is 5.56 Å². The Hall–Kier alpha value is -3.61. The van der Waals surface area contributed by atoms with Gasteiger partial charge in [-0.05, 0) is 41.5 Å². The zero-order valence-corrected chi connectivity index (χ0v) is 14.9. The Labute approximate surface area is 158 Å². The van der Waals surface area contributed by atoms with Crippen molar-refractivity contribution in [2.45, 2.75) is 6.54 Å². The largest absolute Gasteiger partial charge is 0.481 e. The number of pyridine rings is 1. The van der Waals surface area contributed by atoms with Crippen LogP contribution in [0.2, 0.25) is 0 Å². The number of nitrogens with zero attached hydrogens (tertiary/aromatic N) is 3. The molecule has 0 fully saturated rings. The Morgan fingerprint density at radius 2 is 1.75 bits per heavy atom. The zero-order chi connectivity index (χ0) is 19.7. The van der Waals surface area contributed by atoms with Crippen LogP contribution < -0.4 is 10.3 Å². The van der Waals surface area contributed by atoms with E-state index in [4.69, 9.17) is 4.74 Å². The molecule has 28 heavy (non-hydrogen) atoms. The molecule has 2 aromatic heterocycles. The van der Waals surface area contributed by atoms with Gasteiger partial charge in [0.15, 0.2) is 0 Å². The number of hydrogen-bond donors (Lipinski definition) is 0. The Morgan fingerprint density at radius 3 is 2.50 bits per heavy atom. The number of halogens is 2. The average molecular weight is 379 g/mol. The molecular weight excluding hydrogens is 364 g/mol. The summed E-state index contributed by atoms with van der Waals surface area (Å²) in [6.07, 6.45) is 2.65. The maximum Gasteiger partial charge on any atom is 0.269 e. The summed E-state index contributed by atoms with van der Waals surface area (Å²) < 4.78 is 35.9. The molecule has 0 aliphatic rings. The SMILES string of the molecule is COc1cc(-c2cc(F)c(Cn3c(=O)cnc4ccccc43)c(F)c2)ccn1. The minimum Gasteiger partial charge on any atom is -0.481 e. The second-order valence-corrected chi connectivity index (χ2v) is 6.18. The van der Waals surface area contributed by atoms with Crippen LogP contribution in [0.15, 0.2) is 65.7 Å². The molecule has 0 radical (unpaired) electrons. The zero-order valence-electron chi connectivity index (χ0n) is 14.9. The first-order valence-electron chi connectivity index (χ1n) is 8.50. The molecule has 0 atom stereocenters. The first kappa shape index (κ1) is 17.8. The number of ether oxygens (including phenoxy) is 1. The number of benzene rings is 2. The minimum atomic E-state index is -0.737. The Morgan fingerprint density at radius 1 is 1.00 bits per heavy atom. The van der Waals surface area contributed by atoms with E-state index in [1.165, 1.54) is 30.0 Å². The highest BCUT2D eigenvalue weighted by atomic mass is 19.1. The highest BCUT2D eigenvalue weighted by Gasteiger charge is 2.15. The van der Waals surface area contributed by atoms with E-state index in [-0.39, 0.29) is 12.1 Å². The standard InChI is InChI=1S/C21H15F2N3O2/c1-28-20-10-13(6-7-24-20)14-8-16(22)15(17(23)9-14)12-26-19-5-3-2-4-18(19)25-11-21(26)27/h2-11H,12H2,1H3. The third-order valence-electron chi connectivity index (χ3n) is 4.49. The molecule has 4 rings (SSSR count). The molecule has 0 amide bonds. The Balaban J connectivity index is 1.78. The average Bonchev–Trinajstić information content (AvgIpc) is 2.72. The van der Waals surface area contributed by atoms with E-state index in [2.05, 4.69) is 9.97 Å². The molecule has 0 spiro atoms. The van der Waals surface area contributed by atoms with Crippen LogP contribution in [0.3, 0.4) is 0 Å². The second kappa shape index (κ2) is 7.19. The fraction of sp³-hybridized carbons (Fsp3) is 0.0952. The molecule has 7 heteroatoms. The van der Waals surface area contributed by atoms with Crippen LogP contribution in [0, 0.1) is 11.6 Å². The molecule has 2 heterocycles. The Kier molecular flexibility index (Phi) is 4.57. The highest BCUT2D eigenvalue weighted by Crippen LogP contribution is 2.27. The van der Waals surface area contributed by atoms with Gasteiger partial charge in [-0.15, -0.1) is 0 Å². The molecule has 0 aliphatic carbocycles. The van der Waals surface area contributed by atoms with Crippen molar-refractivity contribution in [1.29, 1.82) is 0 Å². The summed E-state index contributed by atoms with van der Waals surface area (Å²) in [6, 6.07) is 12.7. The van der Waals surface area contributed by atoms with Crippen LogP contribution in [-0.2, 0) is 6.54 Å². The van der Waals surface area contributed by atoms with Crippen LogP contribution in [0.1, 0.15) is 5.56 Å². The maximum absolute atomic E-state index is 14.8. The number of para-hydroxylation sites is 2. The van der Waals surface area contributed by atoms with Gasteiger partial charge in [0.1, 0.15) is 11.6 Å². The molecule has 2 aromatic carbocycles. The number of fused-ring (bicyclic) bond motifs is 1. The van der Waals surface area contributed by atoms with Crippen molar-refractivity contribution in [3.63, 3.8) is 0 Å². The topological polar surface area (TPSA) is 57.0 Å². The molecule has 0 N–H and O–H groups in total. The quantitative estimate of drug-likeness (QED) is 0.541. The lowest BCUT2D eigenvalue weighted by molar-refractivity contribution is 0.398. The number of aromatic nitrogens is 3. The third-order valence-corrected chi connectivity index (χ3v) is 4.49. The smallest absolute Gasteiger partial charge is 0.269 e. The lowest BCUT2D eigenvalue weighted by Crippen LogP contribution is -2.22. The van der Waals surface area contributed by atoms with E-state index < -0.39 is 17.2 Å². The van der Waals surface area contributed by atoms with Crippen molar-refractivity contribution in [3.05, 3.63) is 88.5 Å². The predicted octanol–water partition coefficient (Wildman–Crippen LogP) is 3.79. The predicted molar refractivity (Wildman–Crippen MR) is 101 cm³/mol. The van der Waals surface area contributed by atoms with Crippen LogP contribution in [-0.4, -0.2) is 21.6 Å². The molecular formula is C21H15F2N3O2. The third kappa shape index (κ3) is 3.22. The lowest BCUT2D eigenvalue weighted by atomic mass is 10.0. The fourth-order valence-electron chi connectivity index (χ4n) is 3.06. The summed E-state index contributed by atoms with van der Waals surface area (Å²) in [5.41, 5.74) is 1.39. The molecule has 0 saturated heterocycles. The summed E-state index contributed by atoms with van der Waals surface area (Å²) in [4.78, 5) is 20.3. The summed E-state index contributed by atoms with van der Waals surface area (Å²) in [7, 11) is 1.47. The molecule has 0 bridgehead atoms. The van der Waals surface area contributed by atoms with Gasteiger partial charge in [0, 0.05) is 17.8 Å². The summed E-state index contributed by atoms with van der Waals surface area (Å²) >= 11 is 0. The normalized spacial score (nSPS) is 11.0. The lowest BCUT2D eigenvalue weighted by Gasteiger charge is -2.12.